The first-order valence-corrected chi connectivity index (χ1v) is 5.96. The van der Waals surface area contributed by atoms with Crippen LogP contribution >= 0.6 is 0 Å². The van der Waals surface area contributed by atoms with Crippen LogP contribution in [0, 0.1) is 5.92 Å². The van der Waals surface area contributed by atoms with Crippen molar-refractivity contribution in [1.82, 2.24) is 4.90 Å². The topological polar surface area (TPSA) is 69.6 Å². The van der Waals surface area contributed by atoms with Gasteiger partial charge in [0, 0.05) is 31.7 Å². The summed E-state index contributed by atoms with van der Waals surface area (Å²) in [6.45, 7) is 1.49. The van der Waals surface area contributed by atoms with Gasteiger partial charge in [0.25, 0.3) is 0 Å². The minimum Gasteiger partial charge on any atom is -0.481 e. The number of carbonyl (C=O) groups is 2. The number of hydrogen-bond donors (Lipinski definition) is 2. The van der Waals surface area contributed by atoms with Gasteiger partial charge in [0.05, 0.1) is 5.92 Å². The summed E-state index contributed by atoms with van der Waals surface area (Å²) in [6, 6.07) is 9.71. The van der Waals surface area contributed by atoms with Gasteiger partial charge in [-0.1, -0.05) is 18.2 Å². The second-order valence-corrected chi connectivity index (χ2v) is 4.37. The third-order valence-corrected chi connectivity index (χ3v) is 3.05. The zero-order valence-electron chi connectivity index (χ0n) is 10.0. The molecule has 18 heavy (non-hydrogen) atoms. The van der Waals surface area contributed by atoms with Crippen molar-refractivity contribution in [2.45, 2.75) is 6.42 Å². The highest BCUT2D eigenvalue weighted by Crippen LogP contribution is 2.17. The van der Waals surface area contributed by atoms with Gasteiger partial charge in [-0.05, 0) is 12.1 Å². The maximum atomic E-state index is 11.6. The number of likely N-dealkylation sites (tertiary alicyclic amines) is 1. The van der Waals surface area contributed by atoms with Crippen LogP contribution in [0.1, 0.15) is 6.42 Å². The van der Waals surface area contributed by atoms with Gasteiger partial charge in [-0.25, -0.2) is 0 Å². The number of rotatable bonds is 5. The van der Waals surface area contributed by atoms with E-state index in [2.05, 4.69) is 5.32 Å². The minimum absolute atomic E-state index is 0.0720. The van der Waals surface area contributed by atoms with E-state index < -0.39 is 11.9 Å². The smallest absolute Gasteiger partial charge is 0.308 e. The molecule has 1 aliphatic heterocycles. The predicted octanol–water partition coefficient (Wildman–Crippen LogP) is 1.03. The number of carboxylic acids is 1. The number of aliphatic carboxylic acids is 1. The molecule has 0 saturated carbocycles. The van der Waals surface area contributed by atoms with Crippen LogP contribution in [-0.4, -0.2) is 41.5 Å². The standard InChI is InChI=1S/C13H16N2O3/c16-12-8-10(13(17)18)9-15(12)7-6-14-11-4-2-1-3-5-11/h1-5,10,14H,6-9H2,(H,17,18). The first-order chi connectivity index (χ1) is 8.66. The molecule has 0 spiro atoms. The fraction of sp³-hybridized carbons (Fsp3) is 0.385. The van der Waals surface area contributed by atoms with Gasteiger partial charge >= 0.3 is 5.97 Å². The van der Waals surface area contributed by atoms with Crippen molar-refractivity contribution in [2.24, 2.45) is 5.92 Å². The number of para-hydroxylation sites is 1. The van der Waals surface area contributed by atoms with Crippen LogP contribution in [0.2, 0.25) is 0 Å². The van der Waals surface area contributed by atoms with Crippen LogP contribution in [0.3, 0.4) is 0 Å². The Morgan fingerprint density at radius 3 is 2.72 bits per heavy atom. The summed E-state index contributed by atoms with van der Waals surface area (Å²) in [7, 11) is 0. The van der Waals surface area contributed by atoms with Crippen molar-refractivity contribution in [3.8, 4) is 0 Å². The number of hydrogen-bond acceptors (Lipinski definition) is 3. The van der Waals surface area contributed by atoms with Gasteiger partial charge in [0.2, 0.25) is 5.91 Å². The average Bonchev–Trinajstić information content (AvgIpc) is 2.73. The van der Waals surface area contributed by atoms with Gasteiger partial charge in [-0.15, -0.1) is 0 Å². The number of anilines is 1. The Bertz CT molecular complexity index is 433. The van der Waals surface area contributed by atoms with E-state index in [-0.39, 0.29) is 12.3 Å². The summed E-state index contributed by atoms with van der Waals surface area (Å²) in [5.74, 6) is -1.51. The first kappa shape index (κ1) is 12.4. The number of nitrogens with one attached hydrogen (secondary N) is 1. The second-order valence-electron chi connectivity index (χ2n) is 4.37. The Balaban J connectivity index is 1.78. The van der Waals surface area contributed by atoms with E-state index in [1.165, 1.54) is 0 Å². The number of nitrogens with zero attached hydrogens (tertiary/aromatic N) is 1. The molecule has 1 aliphatic rings. The molecule has 2 rings (SSSR count). The molecule has 0 aliphatic carbocycles. The SMILES string of the molecule is O=C(O)C1CC(=O)N(CCNc2ccccc2)C1. The van der Waals surface area contributed by atoms with Crippen molar-refractivity contribution in [2.75, 3.05) is 25.0 Å². The van der Waals surface area contributed by atoms with Crippen LogP contribution in [0.25, 0.3) is 0 Å². The molecule has 1 aromatic carbocycles. The van der Waals surface area contributed by atoms with E-state index in [0.29, 0.717) is 19.6 Å². The molecule has 1 atom stereocenters. The van der Waals surface area contributed by atoms with Crippen molar-refractivity contribution >= 4 is 17.6 Å². The number of benzene rings is 1. The Labute approximate surface area is 105 Å². The quantitative estimate of drug-likeness (QED) is 0.816. The third-order valence-electron chi connectivity index (χ3n) is 3.05. The Morgan fingerprint density at radius 2 is 2.11 bits per heavy atom. The molecule has 96 valence electrons. The van der Waals surface area contributed by atoms with E-state index in [9.17, 15) is 9.59 Å². The molecule has 1 aromatic rings. The zero-order chi connectivity index (χ0) is 13.0. The fourth-order valence-corrected chi connectivity index (χ4v) is 2.04. The minimum atomic E-state index is -0.887. The highest BCUT2D eigenvalue weighted by Gasteiger charge is 2.33. The zero-order valence-corrected chi connectivity index (χ0v) is 10.0. The van der Waals surface area contributed by atoms with Crippen LogP contribution in [-0.2, 0) is 9.59 Å². The summed E-state index contributed by atoms with van der Waals surface area (Å²) in [6.07, 6.45) is 0.126. The lowest BCUT2D eigenvalue weighted by molar-refractivity contribution is -0.141. The number of carbonyl (C=O) groups excluding carboxylic acids is 1. The largest absolute Gasteiger partial charge is 0.481 e. The monoisotopic (exact) mass is 248 g/mol. The summed E-state index contributed by atoms with van der Waals surface area (Å²) >= 11 is 0. The molecule has 1 unspecified atom stereocenters. The lowest BCUT2D eigenvalue weighted by atomic mass is 10.1. The van der Waals surface area contributed by atoms with E-state index >= 15 is 0 Å². The van der Waals surface area contributed by atoms with Gasteiger partial charge in [0.1, 0.15) is 0 Å². The number of carboxylic acid groups (broad SMARTS) is 1. The van der Waals surface area contributed by atoms with Crippen molar-refractivity contribution < 1.29 is 14.7 Å². The highest BCUT2D eigenvalue weighted by atomic mass is 16.4. The Kier molecular flexibility index (Phi) is 3.82. The fourth-order valence-electron chi connectivity index (χ4n) is 2.04. The summed E-state index contributed by atoms with van der Waals surface area (Å²) in [5.41, 5.74) is 0.999. The lowest BCUT2D eigenvalue weighted by Crippen LogP contribution is -2.31. The second kappa shape index (κ2) is 5.53. The highest BCUT2D eigenvalue weighted by molar-refractivity contribution is 5.86. The predicted molar refractivity (Wildman–Crippen MR) is 67.3 cm³/mol. The van der Waals surface area contributed by atoms with Crippen LogP contribution in [0.15, 0.2) is 30.3 Å². The van der Waals surface area contributed by atoms with Crippen molar-refractivity contribution in [3.63, 3.8) is 0 Å². The van der Waals surface area contributed by atoms with Gasteiger partial charge in [-0.3, -0.25) is 9.59 Å². The maximum absolute atomic E-state index is 11.6. The molecule has 0 bridgehead atoms. The Hall–Kier alpha value is -2.04. The van der Waals surface area contributed by atoms with Crippen molar-refractivity contribution in [3.05, 3.63) is 30.3 Å². The first-order valence-electron chi connectivity index (χ1n) is 5.96. The molecule has 1 heterocycles. The van der Waals surface area contributed by atoms with E-state index in [4.69, 9.17) is 5.11 Å². The van der Waals surface area contributed by atoms with E-state index in [1.807, 2.05) is 30.3 Å². The summed E-state index contributed by atoms with van der Waals surface area (Å²) in [4.78, 5) is 24.0. The van der Waals surface area contributed by atoms with Gasteiger partial charge in [-0.2, -0.15) is 0 Å². The molecular formula is C13H16N2O3. The summed E-state index contributed by atoms with van der Waals surface area (Å²) in [5, 5.41) is 12.1. The van der Waals surface area contributed by atoms with Crippen LogP contribution < -0.4 is 5.32 Å². The van der Waals surface area contributed by atoms with Crippen LogP contribution in [0.4, 0.5) is 5.69 Å². The van der Waals surface area contributed by atoms with Crippen molar-refractivity contribution in [1.29, 1.82) is 0 Å². The van der Waals surface area contributed by atoms with E-state index in [1.54, 1.807) is 4.90 Å². The van der Waals surface area contributed by atoms with Crippen LogP contribution in [0.5, 0.6) is 0 Å². The lowest BCUT2D eigenvalue weighted by Gasteiger charge is -2.16. The third kappa shape index (κ3) is 3.00. The summed E-state index contributed by atoms with van der Waals surface area (Å²) < 4.78 is 0. The average molecular weight is 248 g/mol. The molecule has 1 amide bonds. The van der Waals surface area contributed by atoms with E-state index in [0.717, 1.165) is 5.69 Å². The molecule has 2 N–H and O–H groups in total. The molecule has 1 fully saturated rings. The maximum Gasteiger partial charge on any atom is 0.308 e. The molecular weight excluding hydrogens is 232 g/mol. The molecule has 1 saturated heterocycles. The number of amides is 1. The normalized spacial score (nSPS) is 19.0. The van der Waals surface area contributed by atoms with Gasteiger partial charge in [0.15, 0.2) is 0 Å². The van der Waals surface area contributed by atoms with Gasteiger partial charge < -0.3 is 15.3 Å². The molecule has 5 nitrogen and oxygen atoms in total. The molecule has 0 aromatic heterocycles. The Morgan fingerprint density at radius 1 is 1.39 bits per heavy atom. The molecule has 5 heteroatoms. The molecule has 0 radical (unpaired) electrons.